The minimum atomic E-state index is -0.272. The molecule has 32 heavy (non-hydrogen) atoms. The van der Waals surface area contributed by atoms with Crippen LogP contribution in [0.1, 0.15) is 37.0 Å². The molecular weight excluding hydrogens is 448 g/mol. The van der Waals surface area contributed by atoms with Crippen molar-refractivity contribution in [2.45, 2.75) is 45.9 Å². The second kappa shape index (κ2) is 13.3. The summed E-state index contributed by atoms with van der Waals surface area (Å²) >= 11 is 6.53. The number of benzene rings is 3. The van der Waals surface area contributed by atoms with Crippen LogP contribution >= 0.6 is 24.0 Å². The molecule has 0 saturated carbocycles. The Morgan fingerprint density at radius 3 is 2.34 bits per heavy atom. The molecule has 3 rings (SSSR count). The van der Waals surface area contributed by atoms with Gasteiger partial charge in [-0.3, -0.25) is 0 Å². The lowest BCUT2D eigenvalue weighted by molar-refractivity contribution is 0.269. The third kappa shape index (κ3) is 8.01. The Morgan fingerprint density at radius 1 is 0.938 bits per heavy atom. The number of rotatable bonds is 11. The lowest BCUT2D eigenvalue weighted by Crippen LogP contribution is -2.26. The highest BCUT2D eigenvalue weighted by molar-refractivity contribution is 6.32. The predicted molar refractivity (Wildman–Crippen MR) is 132 cm³/mol. The van der Waals surface area contributed by atoms with Crippen molar-refractivity contribution in [3.63, 3.8) is 0 Å². The molecule has 3 aromatic carbocycles. The van der Waals surface area contributed by atoms with E-state index in [1.165, 1.54) is 17.7 Å². The van der Waals surface area contributed by atoms with Crippen LogP contribution in [0.2, 0.25) is 5.02 Å². The van der Waals surface area contributed by atoms with E-state index >= 15 is 0 Å². The maximum absolute atomic E-state index is 13.1. The summed E-state index contributed by atoms with van der Waals surface area (Å²) in [6.45, 7) is 5.60. The van der Waals surface area contributed by atoms with Crippen LogP contribution in [0, 0.1) is 5.82 Å². The Balaban J connectivity index is 0.00000363. The molecule has 1 unspecified atom stereocenters. The zero-order valence-corrected chi connectivity index (χ0v) is 20.0. The van der Waals surface area contributed by atoms with E-state index in [0.29, 0.717) is 35.7 Å². The van der Waals surface area contributed by atoms with Gasteiger partial charge in [-0.05, 0) is 67.6 Å². The Hall–Kier alpha value is -2.27. The third-order valence-electron chi connectivity index (χ3n) is 5.03. The molecule has 0 amide bonds. The van der Waals surface area contributed by atoms with Crippen LogP contribution < -0.4 is 14.8 Å². The highest BCUT2D eigenvalue weighted by Gasteiger charge is 2.14. The Bertz CT molecular complexity index is 952. The van der Waals surface area contributed by atoms with Gasteiger partial charge in [0.15, 0.2) is 11.5 Å². The van der Waals surface area contributed by atoms with E-state index in [1.54, 1.807) is 12.1 Å². The van der Waals surface area contributed by atoms with Crippen molar-refractivity contribution in [1.29, 1.82) is 0 Å². The third-order valence-corrected chi connectivity index (χ3v) is 5.31. The molecule has 0 aliphatic heterocycles. The number of hydrogen-bond donors (Lipinski definition) is 1. The van der Waals surface area contributed by atoms with Gasteiger partial charge in [-0.15, -0.1) is 12.4 Å². The smallest absolute Gasteiger partial charge is 0.180 e. The molecule has 172 valence electrons. The number of ether oxygens (including phenoxy) is 2. The molecule has 0 fully saturated rings. The molecule has 0 radical (unpaired) electrons. The second-order valence-corrected chi connectivity index (χ2v) is 7.97. The number of nitrogens with one attached hydrogen (secondary N) is 1. The Kier molecular flexibility index (Phi) is 10.8. The van der Waals surface area contributed by atoms with Crippen molar-refractivity contribution < 1.29 is 13.9 Å². The molecule has 0 spiro atoms. The minimum absolute atomic E-state index is 0. The van der Waals surface area contributed by atoms with Gasteiger partial charge >= 0.3 is 0 Å². The molecule has 1 atom stereocenters. The highest BCUT2D eigenvalue weighted by Crippen LogP contribution is 2.37. The van der Waals surface area contributed by atoms with Gasteiger partial charge in [-0.25, -0.2) is 4.39 Å². The van der Waals surface area contributed by atoms with Gasteiger partial charge in [0.05, 0.1) is 11.6 Å². The monoisotopic (exact) mass is 477 g/mol. The van der Waals surface area contributed by atoms with Crippen LogP contribution in [0.25, 0.3) is 0 Å². The molecule has 3 nitrogen and oxygen atoms in total. The fraction of sp³-hybridized carbons (Fsp3) is 0.308. The number of halogens is 3. The summed E-state index contributed by atoms with van der Waals surface area (Å²) in [5.74, 6) is 0.853. The molecule has 0 aromatic heterocycles. The maximum atomic E-state index is 13.1. The summed E-state index contributed by atoms with van der Waals surface area (Å²) < 4.78 is 24.8. The fourth-order valence-electron chi connectivity index (χ4n) is 3.28. The lowest BCUT2D eigenvalue weighted by Gasteiger charge is -2.17. The average Bonchev–Trinajstić information content (AvgIpc) is 2.78. The van der Waals surface area contributed by atoms with E-state index in [4.69, 9.17) is 21.1 Å². The molecular formula is C26H30Cl2FNO2. The van der Waals surface area contributed by atoms with E-state index in [1.807, 2.05) is 25.1 Å². The predicted octanol–water partition coefficient (Wildman–Crippen LogP) is 6.99. The molecule has 0 aliphatic carbocycles. The van der Waals surface area contributed by atoms with Gasteiger partial charge in [0.1, 0.15) is 12.4 Å². The molecule has 0 saturated heterocycles. The molecule has 0 bridgehead atoms. The fourth-order valence-corrected chi connectivity index (χ4v) is 3.57. The van der Waals surface area contributed by atoms with Gasteiger partial charge in [-0.2, -0.15) is 0 Å². The summed E-state index contributed by atoms with van der Waals surface area (Å²) in [7, 11) is 0. The van der Waals surface area contributed by atoms with Gasteiger partial charge in [0, 0.05) is 12.6 Å². The lowest BCUT2D eigenvalue weighted by atomic mass is 10.1. The molecule has 0 aliphatic rings. The maximum Gasteiger partial charge on any atom is 0.180 e. The first kappa shape index (κ1) is 26.0. The summed E-state index contributed by atoms with van der Waals surface area (Å²) in [6, 6.07) is 21.0. The van der Waals surface area contributed by atoms with Gasteiger partial charge in [0.2, 0.25) is 0 Å². The quantitative estimate of drug-likeness (QED) is 0.322. The van der Waals surface area contributed by atoms with Crippen LogP contribution in [-0.4, -0.2) is 12.6 Å². The van der Waals surface area contributed by atoms with E-state index in [0.717, 1.165) is 24.0 Å². The van der Waals surface area contributed by atoms with E-state index in [-0.39, 0.29) is 24.8 Å². The Labute approximate surface area is 201 Å². The normalized spacial score (nSPS) is 11.5. The van der Waals surface area contributed by atoms with Crippen LogP contribution in [0.5, 0.6) is 11.5 Å². The molecule has 1 N–H and O–H groups in total. The van der Waals surface area contributed by atoms with Crippen molar-refractivity contribution >= 4 is 24.0 Å². The van der Waals surface area contributed by atoms with Crippen LogP contribution in [0.4, 0.5) is 4.39 Å². The first-order chi connectivity index (χ1) is 15.0. The molecule has 6 heteroatoms. The Morgan fingerprint density at radius 2 is 1.66 bits per heavy atom. The zero-order valence-electron chi connectivity index (χ0n) is 18.4. The summed E-state index contributed by atoms with van der Waals surface area (Å²) in [5.41, 5.74) is 3.24. The molecule has 0 heterocycles. The van der Waals surface area contributed by atoms with Crippen molar-refractivity contribution in [3.8, 4) is 11.5 Å². The van der Waals surface area contributed by atoms with Crippen molar-refractivity contribution in [2.75, 3.05) is 6.61 Å². The largest absolute Gasteiger partial charge is 0.490 e. The molecule has 3 aromatic rings. The zero-order chi connectivity index (χ0) is 22.1. The van der Waals surface area contributed by atoms with E-state index in [9.17, 15) is 4.39 Å². The number of aryl methyl sites for hydroxylation is 1. The summed E-state index contributed by atoms with van der Waals surface area (Å²) in [6.07, 6.45) is 2.09. The number of hydrogen-bond acceptors (Lipinski definition) is 3. The SMILES string of the molecule is CCOc1cc(CNC(C)CCc2ccccc2)cc(Cl)c1OCc1ccc(F)cc1.Cl. The highest BCUT2D eigenvalue weighted by atomic mass is 35.5. The van der Waals surface area contributed by atoms with Crippen molar-refractivity contribution in [3.05, 3.63) is 94.3 Å². The minimum Gasteiger partial charge on any atom is -0.490 e. The van der Waals surface area contributed by atoms with Gasteiger partial charge < -0.3 is 14.8 Å². The van der Waals surface area contributed by atoms with Crippen LogP contribution in [-0.2, 0) is 19.6 Å². The van der Waals surface area contributed by atoms with Gasteiger partial charge in [0.25, 0.3) is 0 Å². The van der Waals surface area contributed by atoms with E-state index < -0.39 is 0 Å². The first-order valence-electron chi connectivity index (χ1n) is 10.6. The standard InChI is InChI=1S/C26H29ClFNO2.ClH/c1-3-30-25-16-22(17-29-19(2)9-10-20-7-5-4-6-8-20)15-24(27)26(25)31-18-21-11-13-23(28)14-12-21;/h4-8,11-16,19,29H,3,9-10,17-18H2,1-2H3;1H. The van der Waals surface area contributed by atoms with Crippen molar-refractivity contribution in [2.24, 2.45) is 0 Å². The van der Waals surface area contributed by atoms with E-state index in [2.05, 4.69) is 36.5 Å². The first-order valence-corrected chi connectivity index (χ1v) is 11.0. The van der Waals surface area contributed by atoms with Crippen LogP contribution in [0.15, 0.2) is 66.7 Å². The van der Waals surface area contributed by atoms with Crippen molar-refractivity contribution in [1.82, 2.24) is 5.32 Å². The summed E-state index contributed by atoms with van der Waals surface area (Å²) in [5, 5.41) is 4.06. The average molecular weight is 478 g/mol. The second-order valence-electron chi connectivity index (χ2n) is 7.56. The summed E-state index contributed by atoms with van der Waals surface area (Å²) in [4.78, 5) is 0. The topological polar surface area (TPSA) is 30.5 Å². The van der Waals surface area contributed by atoms with Gasteiger partial charge in [-0.1, -0.05) is 54.1 Å². The van der Waals surface area contributed by atoms with Crippen LogP contribution in [0.3, 0.4) is 0 Å².